The van der Waals surface area contributed by atoms with Crippen molar-refractivity contribution in [1.29, 1.82) is 0 Å². The van der Waals surface area contributed by atoms with E-state index in [9.17, 15) is 0 Å². The van der Waals surface area contributed by atoms with Crippen molar-refractivity contribution in [3.63, 3.8) is 0 Å². The lowest BCUT2D eigenvalue weighted by atomic mass is 10.2. The summed E-state index contributed by atoms with van der Waals surface area (Å²) in [4.78, 5) is 5.89. The fraction of sp³-hybridized carbons (Fsp3) is 0.278. The van der Waals surface area contributed by atoms with Crippen LogP contribution in [-0.4, -0.2) is 15.8 Å². The van der Waals surface area contributed by atoms with Gasteiger partial charge in [0.15, 0.2) is 0 Å². The highest BCUT2D eigenvalue weighted by molar-refractivity contribution is 7.98. The minimum atomic E-state index is 0.776. The molecule has 0 spiro atoms. The van der Waals surface area contributed by atoms with E-state index in [2.05, 4.69) is 47.0 Å². The Morgan fingerprint density at radius 3 is 2.64 bits per heavy atom. The number of hydrogen-bond acceptors (Lipinski definition) is 2. The molecule has 0 fully saturated rings. The largest absolute Gasteiger partial charge is 0.325 e. The summed E-state index contributed by atoms with van der Waals surface area (Å²) in [5, 5.41) is 2.00. The van der Waals surface area contributed by atoms with E-state index in [0.717, 1.165) is 30.1 Å². The Morgan fingerprint density at radius 2 is 1.95 bits per heavy atom. The molecular weight excluding hydrogens is 312 g/mol. The summed E-state index contributed by atoms with van der Waals surface area (Å²) < 4.78 is 2.33. The summed E-state index contributed by atoms with van der Waals surface area (Å²) in [7, 11) is 0. The molecule has 0 atom stereocenters. The van der Waals surface area contributed by atoms with Crippen LogP contribution in [0.2, 0.25) is 5.02 Å². The molecule has 22 heavy (non-hydrogen) atoms. The molecule has 0 aliphatic rings. The van der Waals surface area contributed by atoms with Crippen molar-refractivity contribution in [1.82, 2.24) is 9.55 Å². The number of benzene rings is 1. The van der Waals surface area contributed by atoms with E-state index in [-0.39, 0.29) is 0 Å². The molecule has 4 heteroatoms. The Labute approximate surface area is 140 Å². The second kappa shape index (κ2) is 6.76. The molecule has 0 amide bonds. The van der Waals surface area contributed by atoms with Crippen molar-refractivity contribution in [3.8, 4) is 0 Å². The summed E-state index contributed by atoms with van der Waals surface area (Å²) in [5.41, 5.74) is 3.66. The molecule has 114 valence electrons. The first kappa shape index (κ1) is 15.4. The van der Waals surface area contributed by atoms with E-state index in [1.54, 1.807) is 11.8 Å². The minimum Gasteiger partial charge on any atom is -0.325 e. The molecule has 0 N–H and O–H groups in total. The molecular formula is C18H19ClN2S. The Kier molecular flexibility index (Phi) is 4.74. The first-order chi connectivity index (χ1) is 10.7. The van der Waals surface area contributed by atoms with Crippen LogP contribution in [0.1, 0.15) is 24.6 Å². The Morgan fingerprint density at radius 1 is 1.18 bits per heavy atom. The van der Waals surface area contributed by atoms with Gasteiger partial charge >= 0.3 is 0 Å². The normalized spacial score (nSPS) is 11.2. The van der Waals surface area contributed by atoms with E-state index in [0.29, 0.717) is 0 Å². The van der Waals surface area contributed by atoms with Crippen LogP contribution in [0.15, 0.2) is 47.5 Å². The van der Waals surface area contributed by atoms with Gasteiger partial charge in [-0.2, -0.15) is 0 Å². The number of nitrogens with zero attached hydrogens (tertiary/aromatic N) is 2. The predicted octanol–water partition coefficient (Wildman–Crippen LogP) is 5.41. The van der Waals surface area contributed by atoms with Gasteiger partial charge in [-0.1, -0.05) is 37.1 Å². The molecule has 2 aromatic heterocycles. The molecule has 0 aliphatic carbocycles. The molecule has 2 nitrogen and oxygen atoms in total. The number of pyridine rings is 1. The Balaban J connectivity index is 2.05. The summed E-state index contributed by atoms with van der Waals surface area (Å²) >= 11 is 7.71. The van der Waals surface area contributed by atoms with Crippen molar-refractivity contribution < 1.29 is 0 Å². The number of rotatable bonds is 5. The van der Waals surface area contributed by atoms with Crippen molar-refractivity contribution in [2.24, 2.45) is 0 Å². The first-order valence-corrected chi connectivity index (χ1v) is 9.08. The summed E-state index contributed by atoms with van der Waals surface area (Å²) in [6.07, 6.45) is 6.24. The average molecular weight is 331 g/mol. The zero-order chi connectivity index (χ0) is 15.5. The fourth-order valence-electron chi connectivity index (χ4n) is 2.70. The lowest BCUT2D eigenvalue weighted by molar-refractivity contribution is 0.739. The third kappa shape index (κ3) is 3.16. The predicted molar refractivity (Wildman–Crippen MR) is 96.1 cm³/mol. The van der Waals surface area contributed by atoms with Gasteiger partial charge in [0.05, 0.1) is 0 Å². The van der Waals surface area contributed by atoms with E-state index in [1.807, 2.05) is 18.3 Å². The van der Waals surface area contributed by atoms with Gasteiger partial charge in [0.2, 0.25) is 0 Å². The number of halogens is 1. The van der Waals surface area contributed by atoms with Crippen molar-refractivity contribution in [2.75, 3.05) is 6.26 Å². The van der Waals surface area contributed by atoms with Crippen LogP contribution < -0.4 is 0 Å². The molecule has 0 saturated carbocycles. The Bertz CT molecular complexity index is 778. The maximum atomic E-state index is 5.98. The number of aromatic nitrogens is 2. The zero-order valence-electron chi connectivity index (χ0n) is 12.8. The van der Waals surface area contributed by atoms with Crippen LogP contribution in [0.25, 0.3) is 11.0 Å². The average Bonchev–Trinajstić information content (AvgIpc) is 2.86. The van der Waals surface area contributed by atoms with E-state index in [4.69, 9.17) is 11.6 Å². The number of hydrogen-bond donors (Lipinski definition) is 0. The lowest BCUT2D eigenvalue weighted by Crippen LogP contribution is -2.05. The minimum absolute atomic E-state index is 0.776. The zero-order valence-corrected chi connectivity index (χ0v) is 14.4. The van der Waals surface area contributed by atoms with Gasteiger partial charge in [0, 0.05) is 33.7 Å². The van der Waals surface area contributed by atoms with Crippen molar-refractivity contribution in [3.05, 3.63) is 58.9 Å². The maximum Gasteiger partial charge on any atom is 0.140 e. The SMILES string of the molecule is CCCc1cc2cc(SC)cnc2n1Cc1ccc(Cl)cc1. The van der Waals surface area contributed by atoms with Crippen LogP contribution in [0.4, 0.5) is 0 Å². The number of aryl methyl sites for hydroxylation is 1. The maximum absolute atomic E-state index is 5.98. The molecule has 3 rings (SSSR count). The third-order valence-electron chi connectivity index (χ3n) is 3.79. The first-order valence-electron chi connectivity index (χ1n) is 7.48. The monoisotopic (exact) mass is 330 g/mol. The fourth-order valence-corrected chi connectivity index (χ4v) is 3.23. The van der Waals surface area contributed by atoms with Gasteiger partial charge in [-0.15, -0.1) is 11.8 Å². The molecule has 0 unspecified atom stereocenters. The molecule has 0 radical (unpaired) electrons. The van der Waals surface area contributed by atoms with Gasteiger partial charge in [-0.25, -0.2) is 4.98 Å². The second-order valence-corrected chi connectivity index (χ2v) is 6.70. The van der Waals surface area contributed by atoms with Crippen LogP contribution in [0.5, 0.6) is 0 Å². The van der Waals surface area contributed by atoms with Crippen molar-refractivity contribution in [2.45, 2.75) is 31.2 Å². The highest BCUT2D eigenvalue weighted by atomic mass is 35.5. The molecule has 0 bridgehead atoms. The summed E-state index contributed by atoms with van der Waals surface area (Å²) in [6.45, 7) is 3.05. The highest BCUT2D eigenvalue weighted by Crippen LogP contribution is 2.25. The number of thioether (sulfide) groups is 1. The van der Waals surface area contributed by atoms with Crippen LogP contribution in [0.3, 0.4) is 0 Å². The summed E-state index contributed by atoms with van der Waals surface area (Å²) in [5.74, 6) is 0. The van der Waals surface area contributed by atoms with Crippen LogP contribution in [0, 0.1) is 0 Å². The van der Waals surface area contributed by atoms with Gasteiger partial charge in [-0.3, -0.25) is 0 Å². The van der Waals surface area contributed by atoms with E-state index >= 15 is 0 Å². The standard InChI is InChI=1S/C18H19ClN2S/c1-3-4-16-9-14-10-17(22-2)11-20-18(14)21(16)12-13-5-7-15(19)8-6-13/h5-11H,3-4,12H2,1-2H3. The van der Waals surface area contributed by atoms with Gasteiger partial charge in [-0.05, 0) is 42.5 Å². The Hall–Kier alpha value is -1.45. The summed E-state index contributed by atoms with van der Waals surface area (Å²) in [6, 6.07) is 12.6. The lowest BCUT2D eigenvalue weighted by Gasteiger charge is -2.10. The van der Waals surface area contributed by atoms with E-state index in [1.165, 1.54) is 21.5 Å². The van der Waals surface area contributed by atoms with Crippen LogP contribution >= 0.6 is 23.4 Å². The molecule has 3 aromatic rings. The van der Waals surface area contributed by atoms with Gasteiger partial charge in [0.25, 0.3) is 0 Å². The molecule has 0 aliphatic heterocycles. The van der Waals surface area contributed by atoms with Crippen molar-refractivity contribution >= 4 is 34.4 Å². The third-order valence-corrected chi connectivity index (χ3v) is 4.74. The quantitative estimate of drug-likeness (QED) is 0.582. The topological polar surface area (TPSA) is 17.8 Å². The van der Waals surface area contributed by atoms with Crippen LogP contribution in [-0.2, 0) is 13.0 Å². The smallest absolute Gasteiger partial charge is 0.140 e. The molecule has 1 aromatic carbocycles. The van der Waals surface area contributed by atoms with Gasteiger partial charge in [0.1, 0.15) is 5.65 Å². The highest BCUT2D eigenvalue weighted by Gasteiger charge is 2.10. The van der Waals surface area contributed by atoms with E-state index < -0.39 is 0 Å². The molecule has 2 heterocycles. The number of fused-ring (bicyclic) bond motifs is 1. The second-order valence-electron chi connectivity index (χ2n) is 5.39. The van der Waals surface area contributed by atoms with Gasteiger partial charge < -0.3 is 4.57 Å². The molecule has 0 saturated heterocycles.